The molecule has 0 aromatic heterocycles. The van der Waals surface area contributed by atoms with Gasteiger partial charge in [-0.3, -0.25) is 4.79 Å². The zero-order chi connectivity index (χ0) is 15.9. The second kappa shape index (κ2) is 8.33. The Balaban J connectivity index is 1.82. The lowest BCUT2D eigenvalue weighted by Gasteiger charge is -2.29. The van der Waals surface area contributed by atoms with Crippen molar-refractivity contribution in [3.63, 3.8) is 0 Å². The maximum atomic E-state index is 12.2. The van der Waals surface area contributed by atoms with E-state index in [0.29, 0.717) is 24.5 Å². The summed E-state index contributed by atoms with van der Waals surface area (Å²) in [6, 6.07) is 9.41. The predicted molar refractivity (Wildman–Crippen MR) is 90.6 cm³/mol. The van der Waals surface area contributed by atoms with Gasteiger partial charge in [-0.25, -0.2) is 0 Å². The highest BCUT2D eigenvalue weighted by Crippen LogP contribution is 2.23. The Morgan fingerprint density at radius 3 is 2.59 bits per heavy atom. The van der Waals surface area contributed by atoms with E-state index in [0.717, 1.165) is 12.8 Å². The maximum absolute atomic E-state index is 12.2. The summed E-state index contributed by atoms with van der Waals surface area (Å²) >= 11 is 0. The monoisotopic (exact) mass is 303 g/mol. The van der Waals surface area contributed by atoms with E-state index in [1.54, 1.807) is 0 Å². The fraction of sp³-hybridized carbons (Fsp3) is 0.632. The number of rotatable bonds is 6. The Kier molecular flexibility index (Phi) is 6.44. The van der Waals surface area contributed by atoms with Gasteiger partial charge < -0.3 is 10.6 Å². The van der Waals surface area contributed by atoms with Gasteiger partial charge in [0.15, 0.2) is 6.54 Å². The van der Waals surface area contributed by atoms with Gasteiger partial charge in [0.2, 0.25) is 0 Å². The minimum Gasteiger partial charge on any atom is -0.348 e. The average molecular weight is 303 g/mol. The van der Waals surface area contributed by atoms with E-state index in [1.165, 1.54) is 30.4 Å². The molecule has 3 heteroatoms. The molecule has 0 unspecified atom stereocenters. The van der Waals surface area contributed by atoms with E-state index in [9.17, 15) is 4.79 Å². The summed E-state index contributed by atoms with van der Waals surface area (Å²) in [7, 11) is 0. The standard InChI is InChI=1S/C19H30N2O/c1-4-17(16-11-9-14(2)10-12-16)20-13-19(22)21-18-8-6-5-7-15(18)3/h9-12,15,17-18,20H,4-8,13H2,1-3H3,(H,21,22)/p+1/t15-,17+,18+/m0/s1. The fourth-order valence-electron chi connectivity index (χ4n) is 3.40. The number of carbonyl (C=O) groups is 1. The van der Waals surface area contributed by atoms with Crippen molar-refractivity contribution in [1.82, 2.24) is 5.32 Å². The minimum atomic E-state index is 0.185. The third-order valence-electron chi connectivity index (χ3n) is 4.99. The normalized spacial score (nSPS) is 23.0. The summed E-state index contributed by atoms with van der Waals surface area (Å²) in [5, 5.41) is 5.41. The van der Waals surface area contributed by atoms with Gasteiger partial charge in [-0.2, -0.15) is 0 Å². The molecule has 2 rings (SSSR count). The number of hydrogen-bond donors (Lipinski definition) is 2. The lowest BCUT2D eigenvalue weighted by molar-refractivity contribution is -0.686. The number of nitrogens with two attached hydrogens (primary N) is 1. The highest BCUT2D eigenvalue weighted by atomic mass is 16.2. The molecule has 22 heavy (non-hydrogen) atoms. The molecule has 1 aliphatic carbocycles. The smallest absolute Gasteiger partial charge is 0.275 e. The summed E-state index contributed by atoms with van der Waals surface area (Å²) < 4.78 is 0. The number of quaternary nitrogens is 1. The topological polar surface area (TPSA) is 45.7 Å². The van der Waals surface area contributed by atoms with Gasteiger partial charge in [-0.15, -0.1) is 0 Å². The van der Waals surface area contributed by atoms with Crippen molar-refractivity contribution in [2.24, 2.45) is 5.92 Å². The number of benzene rings is 1. The van der Waals surface area contributed by atoms with Crippen molar-refractivity contribution in [3.05, 3.63) is 35.4 Å². The van der Waals surface area contributed by atoms with E-state index in [4.69, 9.17) is 0 Å². The number of amides is 1. The molecule has 122 valence electrons. The van der Waals surface area contributed by atoms with E-state index in [1.807, 2.05) is 0 Å². The van der Waals surface area contributed by atoms with Crippen LogP contribution in [-0.2, 0) is 4.79 Å². The largest absolute Gasteiger partial charge is 0.348 e. The second-order valence-corrected chi connectivity index (χ2v) is 6.80. The Bertz CT molecular complexity index is 469. The van der Waals surface area contributed by atoms with E-state index in [2.05, 4.69) is 55.7 Å². The molecule has 0 spiro atoms. The molecule has 1 amide bonds. The lowest BCUT2D eigenvalue weighted by Crippen LogP contribution is -2.87. The summed E-state index contributed by atoms with van der Waals surface area (Å²) in [5.74, 6) is 0.807. The molecule has 1 saturated carbocycles. The molecule has 0 radical (unpaired) electrons. The van der Waals surface area contributed by atoms with Gasteiger partial charge in [0.25, 0.3) is 5.91 Å². The van der Waals surface area contributed by atoms with Crippen LogP contribution in [0.25, 0.3) is 0 Å². The van der Waals surface area contributed by atoms with Crippen LogP contribution in [0.15, 0.2) is 24.3 Å². The maximum Gasteiger partial charge on any atom is 0.275 e. The van der Waals surface area contributed by atoms with Crippen LogP contribution in [0.3, 0.4) is 0 Å². The zero-order valence-corrected chi connectivity index (χ0v) is 14.3. The molecule has 1 aromatic carbocycles. The van der Waals surface area contributed by atoms with Gasteiger partial charge in [-0.1, -0.05) is 56.5 Å². The highest BCUT2D eigenvalue weighted by molar-refractivity contribution is 5.77. The van der Waals surface area contributed by atoms with Crippen molar-refractivity contribution in [2.45, 2.75) is 65.0 Å². The number of carbonyl (C=O) groups excluding carboxylic acids is 1. The zero-order valence-electron chi connectivity index (χ0n) is 14.3. The summed E-state index contributed by atoms with van der Waals surface area (Å²) in [6.07, 6.45) is 5.98. The van der Waals surface area contributed by atoms with Crippen molar-refractivity contribution in [3.8, 4) is 0 Å². The number of nitrogens with one attached hydrogen (secondary N) is 1. The SMILES string of the molecule is CC[C@@H]([NH2+]CC(=O)N[C@@H]1CCCC[C@@H]1C)c1ccc(C)cc1. The van der Waals surface area contributed by atoms with Crippen molar-refractivity contribution in [2.75, 3.05) is 6.54 Å². The third-order valence-corrected chi connectivity index (χ3v) is 4.99. The fourth-order valence-corrected chi connectivity index (χ4v) is 3.40. The van der Waals surface area contributed by atoms with Gasteiger partial charge in [-0.05, 0) is 25.7 Å². The van der Waals surface area contributed by atoms with Gasteiger partial charge in [0, 0.05) is 18.0 Å². The lowest BCUT2D eigenvalue weighted by atomic mass is 9.86. The quantitative estimate of drug-likeness (QED) is 0.834. The summed E-state index contributed by atoms with van der Waals surface area (Å²) in [5.41, 5.74) is 2.59. The third kappa shape index (κ3) is 4.84. The van der Waals surface area contributed by atoms with E-state index in [-0.39, 0.29) is 5.91 Å². The first-order valence-electron chi connectivity index (χ1n) is 8.79. The van der Waals surface area contributed by atoms with Crippen LogP contribution in [0.5, 0.6) is 0 Å². The van der Waals surface area contributed by atoms with Crippen molar-refractivity contribution < 1.29 is 10.1 Å². The molecule has 0 heterocycles. The van der Waals surface area contributed by atoms with Crippen molar-refractivity contribution >= 4 is 5.91 Å². The Morgan fingerprint density at radius 1 is 1.27 bits per heavy atom. The number of aryl methyl sites for hydroxylation is 1. The molecular weight excluding hydrogens is 272 g/mol. The van der Waals surface area contributed by atoms with Gasteiger partial charge >= 0.3 is 0 Å². The van der Waals surface area contributed by atoms with Crippen LogP contribution >= 0.6 is 0 Å². The van der Waals surface area contributed by atoms with Crippen LogP contribution < -0.4 is 10.6 Å². The first-order valence-corrected chi connectivity index (χ1v) is 8.79. The van der Waals surface area contributed by atoms with Gasteiger partial charge in [0.1, 0.15) is 6.04 Å². The molecule has 0 aliphatic heterocycles. The van der Waals surface area contributed by atoms with Crippen LogP contribution in [0.4, 0.5) is 0 Å². The molecule has 0 bridgehead atoms. The summed E-state index contributed by atoms with van der Waals surface area (Å²) in [6.45, 7) is 7.07. The summed E-state index contributed by atoms with van der Waals surface area (Å²) in [4.78, 5) is 12.2. The first-order chi connectivity index (χ1) is 10.6. The molecule has 3 nitrogen and oxygen atoms in total. The van der Waals surface area contributed by atoms with Crippen molar-refractivity contribution in [1.29, 1.82) is 0 Å². The first kappa shape index (κ1) is 17.0. The molecule has 1 aromatic rings. The van der Waals surface area contributed by atoms with Crippen LogP contribution in [0, 0.1) is 12.8 Å². The molecule has 1 aliphatic rings. The van der Waals surface area contributed by atoms with E-state index < -0.39 is 0 Å². The van der Waals surface area contributed by atoms with Crippen LogP contribution in [0.2, 0.25) is 0 Å². The Morgan fingerprint density at radius 2 is 1.95 bits per heavy atom. The highest BCUT2D eigenvalue weighted by Gasteiger charge is 2.23. The number of hydrogen-bond acceptors (Lipinski definition) is 1. The minimum absolute atomic E-state index is 0.185. The van der Waals surface area contributed by atoms with Gasteiger partial charge in [0.05, 0.1) is 0 Å². The van der Waals surface area contributed by atoms with Crippen LogP contribution in [-0.4, -0.2) is 18.5 Å². The molecule has 0 saturated heterocycles. The molecular formula is C19H31N2O+. The molecule has 3 N–H and O–H groups in total. The van der Waals surface area contributed by atoms with Crippen LogP contribution in [0.1, 0.15) is 63.1 Å². The average Bonchev–Trinajstić information content (AvgIpc) is 2.52. The Labute approximate surface area is 134 Å². The Hall–Kier alpha value is -1.35. The second-order valence-electron chi connectivity index (χ2n) is 6.80. The van der Waals surface area contributed by atoms with E-state index >= 15 is 0 Å². The molecule has 3 atom stereocenters. The molecule has 1 fully saturated rings. The predicted octanol–water partition coefficient (Wildman–Crippen LogP) is 2.70.